The van der Waals surface area contributed by atoms with Crippen LogP contribution in [0.25, 0.3) is 32.9 Å². The molecule has 2 aromatic heterocycles. The van der Waals surface area contributed by atoms with Crippen LogP contribution in [0.15, 0.2) is 53.9 Å². The highest BCUT2D eigenvalue weighted by atomic mass is 32.1. The smallest absolute Gasteiger partial charge is 0.325 e. The molecule has 0 unspecified atom stereocenters. The van der Waals surface area contributed by atoms with Crippen molar-refractivity contribution in [3.8, 4) is 11.1 Å². The van der Waals surface area contributed by atoms with Crippen molar-refractivity contribution in [1.82, 2.24) is 19.8 Å². The van der Waals surface area contributed by atoms with Gasteiger partial charge in [-0.25, -0.2) is 14.2 Å². The van der Waals surface area contributed by atoms with Gasteiger partial charge in [-0.1, -0.05) is 12.1 Å². The van der Waals surface area contributed by atoms with Crippen molar-refractivity contribution in [2.45, 2.75) is 6.92 Å². The fourth-order valence-electron chi connectivity index (χ4n) is 5.25. The standard InChI is InChI=1S/C30H28FN7O3S/c1-16-15-42-30(33-16)36-29(41)34-18-4-8-23(31)22(14-18)19-6-7-21(27(32)39)26-25(19)20-5-3-17(13-24(20)35-26)28(40)38-11-9-37(2)10-12-38/h3-8,13-15,35H,9-12H2,1-2H3,(H2,32,39)(H2,33,34,36,41). The van der Waals surface area contributed by atoms with Crippen LogP contribution in [0.4, 0.5) is 20.0 Å². The Morgan fingerprint density at radius 2 is 1.79 bits per heavy atom. The number of amides is 4. The number of aryl methyl sites for hydroxylation is 1. The van der Waals surface area contributed by atoms with Crippen molar-refractivity contribution in [3.63, 3.8) is 0 Å². The molecule has 0 radical (unpaired) electrons. The predicted octanol–water partition coefficient (Wildman–Crippen LogP) is 5.02. The Hall–Kier alpha value is -4.81. The molecule has 42 heavy (non-hydrogen) atoms. The number of fused-ring (bicyclic) bond motifs is 3. The Kier molecular flexibility index (Phi) is 7.09. The molecule has 214 valence electrons. The van der Waals surface area contributed by atoms with Crippen molar-refractivity contribution < 1.29 is 18.8 Å². The summed E-state index contributed by atoms with van der Waals surface area (Å²) in [4.78, 5) is 49.6. The number of hydrogen-bond donors (Lipinski definition) is 4. The fraction of sp³-hybridized carbons (Fsp3) is 0.200. The van der Waals surface area contributed by atoms with Gasteiger partial charge in [0, 0.05) is 64.7 Å². The Labute approximate surface area is 244 Å². The number of hydrogen-bond acceptors (Lipinski definition) is 6. The van der Waals surface area contributed by atoms with E-state index >= 15 is 4.39 Å². The number of H-pyrrole nitrogens is 1. The second-order valence-electron chi connectivity index (χ2n) is 10.3. The number of likely N-dealkylation sites (N-methyl/N-ethyl adjacent to an activating group) is 1. The Morgan fingerprint density at radius 1 is 1.00 bits per heavy atom. The van der Waals surface area contributed by atoms with E-state index < -0.39 is 17.8 Å². The number of aromatic amines is 1. The predicted molar refractivity (Wildman–Crippen MR) is 163 cm³/mol. The summed E-state index contributed by atoms with van der Waals surface area (Å²) >= 11 is 1.30. The van der Waals surface area contributed by atoms with Gasteiger partial charge in [0.1, 0.15) is 5.82 Å². The minimum Gasteiger partial charge on any atom is -0.366 e. The van der Waals surface area contributed by atoms with Crippen LogP contribution >= 0.6 is 11.3 Å². The Bertz CT molecular complexity index is 1870. The third kappa shape index (κ3) is 5.17. The summed E-state index contributed by atoms with van der Waals surface area (Å²) in [5, 5.41) is 8.94. The summed E-state index contributed by atoms with van der Waals surface area (Å²) in [7, 11) is 2.03. The number of rotatable bonds is 5. The molecule has 12 heteroatoms. The van der Waals surface area contributed by atoms with Gasteiger partial charge >= 0.3 is 6.03 Å². The topological polar surface area (TPSA) is 136 Å². The first-order valence-corrected chi connectivity index (χ1v) is 14.2. The maximum Gasteiger partial charge on any atom is 0.325 e. The molecule has 5 aromatic rings. The monoisotopic (exact) mass is 585 g/mol. The minimum absolute atomic E-state index is 0.0741. The summed E-state index contributed by atoms with van der Waals surface area (Å²) < 4.78 is 15.3. The number of nitrogens with two attached hydrogens (primary N) is 1. The average molecular weight is 586 g/mol. The number of piperazine rings is 1. The number of nitrogens with one attached hydrogen (secondary N) is 3. The van der Waals surface area contributed by atoms with Crippen LogP contribution in [0.3, 0.4) is 0 Å². The lowest BCUT2D eigenvalue weighted by molar-refractivity contribution is 0.0664. The number of primary amides is 1. The van der Waals surface area contributed by atoms with Gasteiger partial charge in [-0.05, 0) is 55.9 Å². The zero-order valence-corrected chi connectivity index (χ0v) is 23.8. The van der Waals surface area contributed by atoms with E-state index in [-0.39, 0.29) is 17.0 Å². The lowest BCUT2D eigenvalue weighted by Gasteiger charge is -2.32. The van der Waals surface area contributed by atoms with Crippen molar-refractivity contribution in [3.05, 3.63) is 76.5 Å². The zero-order chi connectivity index (χ0) is 29.5. The molecule has 0 bridgehead atoms. The van der Waals surface area contributed by atoms with Crippen molar-refractivity contribution in [2.75, 3.05) is 43.9 Å². The van der Waals surface area contributed by atoms with E-state index in [0.29, 0.717) is 56.8 Å². The molecular formula is C30H28FN7O3S. The van der Waals surface area contributed by atoms with Crippen molar-refractivity contribution in [1.29, 1.82) is 0 Å². The summed E-state index contributed by atoms with van der Waals surface area (Å²) in [6.45, 7) is 4.71. The number of aromatic nitrogens is 2. The lowest BCUT2D eigenvalue weighted by Crippen LogP contribution is -2.47. The van der Waals surface area contributed by atoms with E-state index in [9.17, 15) is 14.4 Å². The maximum atomic E-state index is 15.3. The first kappa shape index (κ1) is 27.4. The maximum absolute atomic E-state index is 15.3. The van der Waals surface area contributed by atoms with Crippen LogP contribution in [-0.4, -0.2) is 70.8 Å². The average Bonchev–Trinajstić information content (AvgIpc) is 3.56. The molecule has 1 aliphatic heterocycles. The van der Waals surface area contributed by atoms with Gasteiger partial charge in [-0.2, -0.15) is 0 Å². The van der Waals surface area contributed by atoms with Crippen LogP contribution in [-0.2, 0) is 0 Å². The molecule has 1 fully saturated rings. The van der Waals surface area contributed by atoms with Gasteiger partial charge < -0.3 is 25.8 Å². The first-order chi connectivity index (χ1) is 20.2. The highest BCUT2D eigenvalue weighted by Crippen LogP contribution is 2.38. The number of thiazole rings is 1. The normalized spacial score (nSPS) is 13.9. The molecule has 0 aliphatic carbocycles. The number of urea groups is 1. The number of anilines is 2. The second kappa shape index (κ2) is 10.9. The van der Waals surface area contributed by atoms with Gasteiger partial charge in [0.05, 0.1) is 16.8 Å². The van der Waals surface area contributed by atoms with Gasteiger partial charge in [-0.15, -0.1) is 11.3 Å². The van der Waals surface area contributed by atoms with E-state index in [1.54, 1.807) is 30.3 Å². The van der Waals surface area contributed by atoms with Gasteiger partial charge in [0.2, 0.25) is 0 Å². The molecule has 0 spiro atoms. The third-order valence-corrected chi connectivity index (χ3v) is 8.29. The molecule has 0 atom stereocenters. The molecular weight excluding hydrogens is 557 g/mol. The first-order valence-electron chi connectivity index (χ1n) is 13.3. The highest BCUT2D eigenvalue weighted by molar-refractivity contribution is 7.13. The van der Waals surface area contributed by atoms with Gasteiger partial charge in [0.15, 0.2) is 5.13 Å². The molecule has 10 nitrogen and oxygen atoms in total. The summed E-state index contributed by atoms with van der Waals surface area (Å²) in [6, 6.07) is 12.2. The molecule has 4 amide bonds. The van der Waals surface area contributed by atoms with E-state index in [2.05, 4.69) is 25.5 Å². The number of benzene rings is 3. The van der Waals surface area contributed by atoms with E-state index in [1.807, 2.05) is 24.3 Å². The molecule has 5 N–H and O–H groups in total. The Balaban J connectivity index is 1.40. The summed E-state index contributed by atoms with van der Waals surface area (Å²) in [6.07, 6.45) is 0. The van der Waals surface area contributed by atoms with E-state index in [4.69, 9.17) is 5.73 Å². The van der Waals surface area contributed by atoms with Crippen LogP contribution in [0, 0.1) is 12.7 Å². The van der Waals surface area contributed by atoms with E-state index in [1.165, 1.54) is 29.5 Å². The molecule has 3 heterocycles. The van der Waals surface area contributed by atoms with Crippen LogP contribution in [0.5, 0.6) is 0 Å². The fourth-order valence-corrected chi connectivity index (χ4v) is 5.93. The second-order valence-corrected chi connectivity index (χ2v) is 11.2. The Morgan fingerprint density at radius 3 is 2.50 bits per heavy atom. The zero-order valence-electron chi connectivity index (χ0n) is 23.0. The summed E-state index contributed by atoms with van der Waals surface area (Å²) in [5.74, 6) is -1.23. The van der Waals surface area contributed by atoms with E-state index in [0.717, 1.165) is 18.8 Å². The minimum atomic E-state index is -0.642. The number of nitrogens with zero attached hydrogens (tertiary/aromatic N) is 3. The van der Waals surface area contributed by atoms with Crippen molar-refractivity contribution >= 4 is 61.8 Å². The largest absolute Gasteiger partial charge is 0.366 e. The highest BCUT2D eigenvalue weighted by Gasteiger charge is 2.23. The van der Waals surface area contributed by atoms with Crippen LogP contribution < -0.4 is 16.4 Å². The summed E-state index contributed by atoms with van der Waals surface area (Å²) in [5.41, 5.74) is 9.38. The molecule has 3 aromatic carbocycles. The third-order valence-electron chi connectivity index (χ3n) is 7.41. The molecule has 1 saturated heterocycles. The van der Waals surface area contributed by atoms with Crippen molar-refractivity contribution in [2.24, 2.45) is 5.73 Å². The lowest BCUT2D eigenvalue weighted by atomic mass is 9.95. The number of carbonyl (C=O) groups excluding carboxylic acids is 3. The van der Waals surface area contributed by atoms with Gasteiger partial charge in [0.25, 0.3) is 11.8 Å². The van der Waals surface area contributed by atoms with Crippen LogP contribution in [0.2, 0.25) is 0 Å². The van der Waals surface area contributed by atoms with Crippen LogP contribution in [0.1, 0.15) is 26.4 Å². The number of halogens is 1. The molecule has 1 aliphatic rings. The SMILES string of the molecule is Cc1csc(NC(=O)Nc2ccc(F)c(-c3ccc(C(N)=O)c4[nH]c5cc(C(=O)N6CCN(C)CC6)ccc5c34)c2)n1. The molecule has 6 rings (SSSR count). The molecule has 0 saturated carbocycles. The quantitative estimate of drug-likeness (QED) is 0.230. The number of carbonyl (C=O) groups is 3. The van der Waals surface area contributed by atoms with Gasteiger partial charge in [-0.3, -0.25) is 14.9 Å².